The Labute approximate surface area is 176 Å². The topological polar surface area (TPSA) is 182 Å². The molecule has 9 N–H and O–H groups in total. The van der Waals surface area contributed by atoms with Crippen molar-refractivity contribution in [2.75, 3.05) is 25.6 Å². The highest BCUT2D eigenvalue weighted by atomic mass is 32.2. The van der Waals surface area contributed by atoms with Crippen LogP contribution < -0.4 is 33.2 Å². The van der Waals surface area contributed by atoms with Gasteiger partial charge >= 0.3 is 6.03 Å². The van der Waals surface area contributed by atoms with Gasteiger partial charge in [0.1, 0.15) is 6.04 Å². The van der Waals surface area contributed by atoms with Gasteiger partial charge in [-0.2, -0.15) is 11.8 Å². The second kappa shape index (κ2) is 14.8. The minimum absolute atomic E-state index is 0.160. The molecule has 10 nitrogen and oxygen atoms in total. The molecule has 166 valence electrons. The highest BCUT2D eigenvalue weighted by molar-refractivity contribution is 7.98. The fourth-order valence-corrected chi connectivity index (χ4v) is 3.17. The Morgan fingerprint density at radius 3 is 2.14 bits per heavy atom. The number of hydrogen-bond donors (Lipinski definition) is 6. The average molecular weight is 431 g/mol. The zero-order valence-corrected chi connectivity index (χ0v) is 18.0. The average Bonchev–Trinajstić information content (AvgIpc) is 2.66. The molecule has 29 heavy (non-hydrogen) atoms. The second-order valence-corrected chi connectivity index (χ2v) is 7.58. The quantitative estimate of drug-likeness (QED) is 0.134. The van der Waals surface area contributed by atoms with Gasteiger partial charge in [-0.15, -0.1) is 0 Å². The molecule has 4 amide bonds. The molecule has 0 aliphatic rings. The number of carbonyl (C=O) groups excluding carboxylic acids is 4. The predicted molar refractivity (Wildman–Crippen MR) is 115 cm³/mol. The summed E-state index contributed by atoms with van der Waals surface area (Å²) in [6.45, 7) is 4.31. The van der Waals surface area contributed by atoms with Gasteiger partial charge in [0.2, 0.25) is 11.8 Å². The summed E-state index contributed by atoms with van der Waals surface area (Å²) in [5.41, 5.74) is 16.0. The lowest BCUT2D eigenvalue weighted by atomic mass is 9.95. The van der Waals surface area contributed by atoms with Gasteiger partial charge in [-0.3, -0.25) is 14.4 Å². The minimum atomic E-state index is -0.843. The molecule has 0 saturated carbocycles. The van der Waals surface area contributed by atoms with Crippen molar-refractivity contribution in [1.82, 2.24) is 16.0 Å². The Morgan fingerprint density at radius 2 is 1.66 bits per heavy atom. The third kappa shape index (κ3) is 10.9. The van der Waals surface area contributed by atoms with Gasteiger partial charge in [0.05, 0.1) is 12.1 Å². The van der Waals surface area contributed by atoms with Crippen LogP contribution in [0.4, 0.5) is 4.79 Å². The van der Waals surface area contributed by atoms with Crippen LogP contribution in [-0.4, -0.2) is 67.4 Å². The summed E-state index contributed by atoms with van der Waals surface area (Å²) >= 11 is 1.55. The number of urea groups is 1. The summed E-state index contributed by atoms with van der Waals surface area (Å²) in [7, 11) is 1.54. The van der Waals surface area contributed by atoms with Crippen LogP contribution in [0.1, 0.15) is 32.1 Å². The van der Waals surface area contributed by atoms with E-state index in [-0.39, 0.29) is 12.0 Å². The molecule has 0 radical (unpaired) electrons. The number of ketones is 1. The SMILES string of the molecule is C=C(C(=O)[C@H](CC(N)=O)NC)[C@H](CCSC)NC(=O)[C@H](CCCCN)NC(N)=O. The Hall–Kier alpha value is -2.11. The van der Waals surface area contributed by atoms with E-state index in [1.54, 1.807) is 18.8 Å². The Morgan fingerprint density at radius 1 is 1.00 bits per heavy atom. The molecule has 0 aromatic carbocycles. The third-order valence-corrected chi connectivity index (χ3v) is 4.96. The van der Waals surface area contributed by atoms with Crippen LogP contribution in [-0.2, 0) is 14.4 Å². The number of hydrogen-bond acceptors (Lipinski definition) is 7. The van der Waals surface area contributed by atoms with Gasteiger partial charge in [0.15, 0.2) is 5.78 Å². The van der Waals surface area contributed by atoms with E-state index in [0.29, 0.717) is 38.0 Å². The Kier molecular flexibility index (Phi) is 13.7. The summed E-state index contributed by atoms with van der Waals surface area (Å²) < 4.78 is 0. The normalized spacial score (nSPS) is 13.8. The third-order valence-electron chi connectivity index (χ3n) is 4.31. The van der Waals surface area contributed by atoms with E-state index in [2.05, 4.69) is 22.5 Å². The molecule has 0 bridgehead atoms. The van der Waals surface area contributed by atoms with Crippen molar-refractivity contribution in [3.8, 4) is 0 Å². The van der Waals surface area contributed by atoms with Crippen molar-refractivity contribution in [1.29, 1.82) is 0 Å². The van der Waals surface area contributed by atoms with E-state index in [4.69, 9.17) is 17.2 Å². The maximum absolute atomic E-state index is 12.7. The smallest absolute Gasteiger partial charge is 0.312 e. The molecule has 0 spiro atoms. The largest absolute Gasteiger partial charge is 0.370 e. The monoisotopic (exact) mass is 430 g/mol. The van der Waals surface area contributed by atoms with E-state index in [1.165, 1.54) is 0 Å². The van der Waals surface area contributed by atoms with Gasteiger partial charge in [0.25, 0.3) is 0 Å². The van der Waals surface area contributed by atoms with Crippen LogP contribution in [0.25, 0.3) is 0 Å². The number of carbonyl (C=O) groups is 4. The number of amides is 4. The number of nitrogens with two attached hydrogens (primary N) is 3. The van der Waals surface area contributed by atoms with Crippen LogP contribution in [0.3, 0.4) is 0 Å². The van der Waals surface area contributed by atoms with Gasteiger partial charge in [-0.05, 0) is 51.3 Å². The van der Waals surface area contributed by atoms with E-state index in [0.717, 1.165) is 0 Å². The lowest BCUT2D eigenvalue weighted by Crippen LogP contribution is -2.52. The number of rotatable bonds is 16. The molecular formula is C18H34N6O4S. The second-order valence-electron chi connectivity index (χ2n) is 6.59. The summed E-state index contributed by atoms with van der Waals surface area (Å²) in [5, 5.41) is 7.95. The summed E-state index contributed by atoms with van der Waals surface area (Å²) in [4.78, 5) is 47.9. The van der Waals surface area contributed by atoms with Crippen molar-refractivity contribution < 1.29 is 19.2 Å². The van der Waals surface area contributed by atoms with Crippen LogP contribution in [0.2, 0.25) is 0 Å². The molecule has 3 atom stereocenters. The van der Waals surface area contributed by atoms with Crippen molar-refractivity contribution in [2.24, 2.45) is 17.2 Å². The van der Waals surface area contributed by atoms with E-state index in [9.17, 15) is 19.2 Å². The van der Waals surface area contributed by atoms with Gasteiger partial charge in [0, 0.05) is 12.0 Å². The Balaban J connectivity index is 5.32. The van der Waals surface area contributed by atoms with E-state index < -0.39 is 41.8 Å². The first-order chi connectivity index (χ1) is 13.7. The first-order valence-corrected chi connectivity index (χ1v) is 10.8. The molecule has 0 aliphatic carbocycles. The molecule has 0 rings (SSSR count). The minimum Gasteiger partial charge on any atom is -0.370 e. The van der Waals surface area contributed by atoms with Crippen molar-refractivity contribution in [3.63, 3.8) is 0 Å². The number of thioether (sulfide) groups is 1. The molecule has 0 aromatic rings. The maximum atomic E-state index is 12.7. The molecule has 0 aliphatic heterocycles. The number of Topliss-reactive ketones (excluding diaryl/α,β-unsaturated/α-hetero) is 1. The summed E-state index contributed by atoms with van der Waals surface area (Å²) in [6, 6.07) is -3.13. The zero-order chi connectivity index (χ0) is 22.4. The van der Waals surface area contributed by atoms with Gasteiger partial charge in [-0.1, -0.05) is 6.58 Å². The zero-order valence-electron chi connectivity index (χ0n) is 17.2. The molecule has 0 fully saturated rings. The molecular weight excluding hydrogens is 396 g/mol. The fraction of sp³-hybridized carbons (Fsp3) is 0.667. The van der Waals surface area contributed by atoms with Gasteiger partial charge in [-0.25, -0.2) is 4.79 Å². The van der Waals surface area contributed by atoms with Crippen molar-refractivity contribution in [3.05, 3.63) is 12.2 Å². The van der Waals surface area contributed by atoms with Crippen molar-refractivity contribution >= 4 is 35.4 Å². The number of unbranched alkanes of at least 4 members (excludes halogenated alkanes) is 1. The molecule has 11 heteroatoms. The lowest BCUT2D eigenvalue weighted by molar-refractivity contribution is -0.125. The highest BCUT2D eigenvalue weighted by Gasteiger charge is 2.29. The number of primary amides is 2. The molecule has 0 heterocycles. The predicted octanol–water partition coefficient (Wildman–Crippen LogP) is -1.02. The van der Waals surface area contributed by atoms with Crippen molar-refractivity contribution in [2.45, 2.75) is 50.2 Å². The Bertz CT molecular complexity index is 587. The summed E-state index contributed by atoms with van der Waals surface area (Å²) in [6.07, 6.45) is 3.87. The van der Waals surface area contributed by atoms with E-state index in [1.807, 2.05) is 6.26 Å². The van der Waals surface area contributed by atoms with Crippen LogP contribution in [0.5, 0.6) is 0 Å². The molecule has 0 unspecified atom stereocenters. The van der Waals surface area contributed by atoms with E-state index >= 15 is 0 Å². The van der Waals surface area contributed by atoms with Crippen LogP contribution in [0, 0.1) is 0 Å². The van der Waals surface area contributed by atoms with Crippen LogP contribution >= 0.6 is 11.8 Å². The number of nitrogens with one attached hydrogen (secondary N) is 3. The first kappa shape index (κ1) is 26.9. The van der Waals surface area contributed by atoms with Crippen LogP contribution in [0.15, 0.2) is 12.2 Å². The summed E-state index contributed by atoms with van der Waals surface area (Å²) in [5.74, 6) is -0.823. The maximum Gasteiger partial charge on any atom is 0.312 e. The highest BCUT2D eigenvalue weighted by Crippen LogP contribution is 2.14. The fourth-order valence-electron chi connectivity index (χ4n) is 2.70. The standard InChI is InChI=1S/C18H34N6O4S/c1-11(16(26)14(22-2)10-15(20)25)12(7-9-29-3)23-17(27)13(24-18(21)28)6-4-5-8-19/h12-14,22H,1,4-10,19H2,2-3H3,(H2,20,25)(H,23,27)(H3,21,24,28)/t12-,13-,14-/m0/s1. The first-order valence-electron chi connectivity index (χ1n) is 9.41. The molecule has 0 saturated heterocycles. The van der Waals surface area contributed by atoms with Gasteiger partial charge < -0.3 is 33.2 Å². The lowest BCUT2D eigenvalue weighted by Gasteiger charge is -2.26. The number of likely N-dealkylation sites (N-methyl/N-ethyl adjacent to an activating group) is 1. The molecule has 0 aromatic heterocycles.